The smallest absolute Gasteiger partial charge is 0.100 e. The number of alkyl halides is 1. The Hall–Kier alpha value is -0.330. The van der Waals surface area contributed by atoms with Gasteiger partial charge in [0.2, 0.25) is 0 Å². The first-order valence-corrected chi connectivity index (χ1v) is 9.53. The number of allylic oxidation sites excluding steroid dienone is 1. The van der Waals surface area contributed by atoms with Gasteiger partial charge in [-0.2, -0.15) is 0 Å². The summed E-state index contributed by atoms with van der Waals surface area (Å²) in [6.07, 6.45) is 17.2. The van der Waals surface area contributed by atoms with Crippen LogP contribution in [0.5, 0.6) is 0 Å². The predicted octanol–water partition coefficient (Wildman–Crippen LogP) is 6.31. The molecule has 0 unspecified atom stereocenters. The van der Waals surface area contributed by atoms with Crippen molar-refractivity contribution in [1.82, 2.24) is 0 Å². The third kappa shape index (κ3) is 3.90. The third-order valence-electron chi connectivity index (χ3n) is 7.00. The van der Waals surface area contributed by atoms with Crippen molar-refractivity contribution in [3.05, 3.63) is 12.7 Å². The molecule has 0 aliphatic heterocycles. The lowest BCUT2D eigenvalue weighted by Gasteiger charge is -2.40. The molecular weight excluding hydrogens is 259 g/mol. The molecule has 3 aliphatic carbocycles. The summed E-state index contributed by atoms with van der Waals surface area (Å²) in [4.78, 5) is 0. The molecule has 0 aromatic rings. The Labute approximate surface area is 130 Å². The Morgan fingerprint density at radius 1 is 0.571 bits per heavy atom. The van der Waals surface area contributed by atoms with E-state index in [2.05, 4.69) is 12.7 Å². The maximum Gasteiger partial charge on any atom is 0.100 e. The van der Waals surface area contributed by atoms with Gasteiger partial charge in [-0.25, -0.2) is 4.39 Å². The van der Waals surface area contributed by atoms with Crippen LogP contribution in [0.2, 0.25) is 0 Å². The Morgan fingerprint density at radius 2 is 0.905 bits per heavy atom. The summed E-state index contributed by atoms with van der Waals surface area (Å²) in [6.45, 7) is 3.96. The van der Waals surface area contributed by atoms with Crippen LogP contribution in [0.4, 0.5) is 4.39 Å². The quantitative estimate of drug-likeness (QED) is 0.534. The van der Waals surface area contributed by atoms with Crippen molar-refractivity contribution >= 4 is 0 Å². The maximum absolute atomic E-state index is 13.3. The Kier molecular flexibility index (Phi) is 5.40. The molecule has 0 aromatic carbocycles. The molecule has 0 radical (unpaired) electrons. The molecule has 0 atom stereocenters. The topological polar surface area (TPSA) is 0 Å². The van der Waals surface area contributed by atoms with Crippen LogP contribution in [0.25, 0.3) is 0 Å². The molecule has 1 heteroatoms. The standard InChI is InChI=1S/C20H33F/c1-2-15-3-5-16(6-4-15)17-7-9-18(10-8-17)19-11-13-20(21)14-12-19/h2,15-20H,1,3-14H2. The van der Waals surface area contributed by atoms with Gasteiger partial charge < -0.3 is 0 Å². The number of hydrogen-bond donors (Lipinski definition) is 0. The minimum atomic E-state index is -0.488. The summed E-state index contributed by atoms with van der Waals surface area (Å²) in [6, 6.07) is 0. The lowest BCUT2D eigenvalue weighted by Crippen LogP contribution is -2.29. The van der Waals surface area contributed by atoms with Crippen LogP contribution in [0.3, 0.4) is 0 Å². The van der Waals surface area contributed by atoms with E-state index in [0.29, 0.717) is 0 Å². The van der Waals surface area contributed by atoms with Crippen LogP contribution in [-0.4, -0.2) is 6.17 Å². The van der Waals surface area contributed by atoms with Crippen LogP contribution in [0, 0.1) is 29.6 Å². The second-order valence-electron chi connectivity index (χ2n) is 8.10. The van der Waals surface area contributed by atoms with Crippen molar-refractivity contribution in [2.75, 3.05) is 0 Å². The van der Waals surface area contributed by atoms with Crippen molar-refractivity contribution in [2.24, 2.45) is 29.6 Å². The molecule has 0 N–H and O–H groups in total. The molecule has 0 heterocycles. The Morgan fingerprint density at radius 3 is 1.29 bits per heavy atom. The zero-order valence-corrected chi connectivity index (χ0v) is 13.6. The fourth-order valence-electron chi connectivity index (χ4n) is 5.49. The molecule has 0 spiro atoms. The molecule has 0 aromatic heterocycles. The van der Waals surface area contributed by atoms with Gasteiger partial charge in [-0.15, -0.1) is 6.58 Å². The van der Waals surface area contributed by atoms with Crippen molar-refractivity contribution in [2.45, 2.75) is 83.2 Å². The first-order valence-electron chi connectivity index (χ1n) is 9.53. The van der Waals surface area contributed by atoms with Gasteiger partial charge in [-0.3, -0.25) is 0 Å². The van der Waals surface area contributed by atoms with E-state index in [1.165, 1.54) is 64.2 Å². The van der Waals surface area contributed by atoms with Gasteiger partial charge in [0.1, 0.15) is 6.17 Å². The SMILES string of the molecule is C=CC1CCC(C2CCC(C3CCC(F)CC3)CC2)CC1. The first kappa shape index (κ1) is 15.6. The van der Waals surface area contributed by atoms with Gasteiger partial charge in [0.15, 0.2) is 0 Å². The number of halogens is 1. The van der Waals surface area contributed by atoms with E-state index in [1.54, 1.807) is 0 Å². The minimum Gasteiger partial charge on any atom is -0.247 e. The second-order valence-corrected chi connectivity index (χ2v) is 8.10. The van der Waals surface area contributed by atoms with E-state index in [0.717, 1.165) is 42.4 Å². The van der Waals surface area contributed by atoms with Crippen molar-refractivity contribution in [1.29, 1.82) is 0 Å². The van der Waals surface area contributed by atoms with Crippen LogP contribution in [0.1, 0.15) is 77.0 Å². The van der Waals surface area contributed by atoms with E-state index in [1.807, 2.05) is 0 Å². The average Bonchev–Trinajstić information content (AvgIpc) is 2.56. The summed E-state index contributed by atoms with van der Waals surface area (Å²) < 4.78 is 13.3. The molecule has 120 valence electrons. The molecule has 3 aliphatic rings. The van der Waals surface area contributed by atoms with Crippen LogP contribution < -0.4 is 0 Å². The zero-order valence-electron chi connectivity index (χ0n) is 13.6. The second kappa shape index (κ2) is 7.29. The predicted molar refractivity (Wildman–Crippen MR) is 87.9 cm³/mol. The van der Waals surface area contributed by atoms with Gasteiger partial charge >= 0.3 is 0 Å². The third-order valence-corrected chi connectivity index (χ3v) is 7.00. The Balaban J connectivity index is 1.42. The average molecular weight is 292 g/mol. The first-order chi connectivity index (χ1) is 10.3. The van der Waals surface area contributed by atoms with E-state index in [-0.39, 0.29) is 0 Å². The van der Waals surface area contributed by atoms with Gasteiger partial charge in [-0.05, 0) is 107 Å². The summed E-state index contributed by atoms with van der Waals surface area (Å²) in [5.74, 6) is 4.59. The highest BCUT2D eigenvalue weighted by Gasteiger charge is 2.34. The molecule has 0 bridgehead atoms. The highest BCUT2D eigenvalue weighted by Crippen LogP contribution is 2.45. The van der Waals surface area contributed by atoms with Gasteiger partial charge in [0.05, 0.1) is 0 Å². The van der Waals surface area contributed by atoms with Gasteiger partial charge in [0.25, 0.3) is 0 Å². The van der Waals surface area contributed by atoms with E-state index in [4.69, 9.17) is 0 Å². The van der Waals surface area contributed by atoms with Crippen LogP contribution >= 0.6 is 0 Å². The highest BCUT2D eigenvalue weighted by atomic mass is 19.1. The molecule has 3 saturated carbocycles. The van der Waals surface area contributed by atoms with E-state index >= 15 is 0 Å². The summed E-state index contributed by atoms with van der Waals surface area (Å²) >= 11 is 0. The minimum absolute atomic E-state index is 0.488. The molecule has 3 fully saturated rings. The van der Waals surface area contributed by atoms with E-state index < -0.39 is 6.17 Å². The van der Waals surface area contributed by atoms with Gasteiger partial charge in [-0.1, -0.05) is 6.08 Å². The summed E-state index contributed by atoms with van der Waals surface area (Å²) in [5, 5.41) is 0. The number of hydrogen-bond acceptors (Lipinski definition) is 0. The summed E-state index contributed by atoms with van der Waals surface area (Å²) in [7, 11) is 0. The van der Waals surface area contributed by atoms with E-state index in [9.17, 15) is 4.39 Å². The van der Waals surface area contributed by atoms with Crippen molar-refractivity contribution in [3.63, 3.8) is 0 Å². The lowest BCUT2D eigenvalue weighted by atomic mass is 9.65. The molecular formula is C20H33F. The van der Waals surface area contributed by atoms with Crippen LogP contribution in [0.15, 0.2) is 12.7 Å². The van der Waals surface area contributed by atoms with Crippen molar-refractivity contribution < 1.29 is 4.39 Å². The molecule has 3 rings (SSSR count). The highest BCUT2D eigenvalue weighted by molar-refractivity contribution is 4.88. The molecule has 0 saturated heterocycles. The Bertz CT molecular complexity index is 313. The number of rotatable bonds is 3. The largest absolute Gasteiger partial charge is 0.247 e. The van der Waals surface area contributed by atoms with Crippen LogP contribution in [-0.2, 0) is 0 Å². The fraction of sp³-hybridized carbons (Fsp3) is 0.900. The fourth-order valence-corrected chi connectivity index (χ4v) is 5.49. The normalized spacial score (nSPS) is 45.2. The van der Waals surface area contributed by atoms with Gasteiger partial charge in [0, 0.05) is 0 Å². The molecule has 0 nitrogen and oxygen atoms in total. The molecule has 0 amide bonds. The van der Waals surface area contributed by atoms with Crippen molar-refractivity contribution in [3.8, 4) is 0 Å². The zero-order chi connectivity index (χ0) is 14.7. The lowest BCUT2D eigenvalue weighted by molar-refractivity contribution is 0.100. The molecule has 21 heavy (non-hydrogen) atoms. The summed E-state index contributed by atoms with van der Waals surface area (Å²) in [5.41, 5.74) is 0. The monoisotopic (exact) mass is 292 g/mol. The maximum atomic E-state index is 13.3.